The zero-order valence-electron chi connectivity index (χ0n) is 21.2. The molecule has 4 aromatic heterocycles. The molecule has 1 N–H and O–H groups in total. The van der Waals surface area contributed by atoms with Crippen molar-refractivity contribution in [1.29, 1.82) is 0 Å². The third kappa shape index (κ3) is 5.11. The lowest BCUT2D eigenvalue weighted by molar-refractivity contribution is 0.473. The van der Waals surface area contributed by atoms with Crippen LogP contribution in [0.5, 0.6) is 0 Å². The van der Waals surface area contributed by atoms with Crippen LogP contribution in [0.25, 0.3) is 28.5 Å². The Morgan fingerprint density at radius 3 is 2.62 bits per heavy atom. The first-order chi connectivity index (χ1) is 18.0. The number of tetrazole rings is 1. The number of nitrogens with one attached hydrogen (secondary N) is 1. The van der Waals surface area contributed by atoms with Crippen LogP contribution in [0.1, 0.15) is 44.9 Å². The number of nitrogens with zero attached hydrogens (tertiary/aromatic N) is 9. The second-order valence-corrected chi connectivity index (χ2v) is 9.46. The minimum absolute atomic E-state index is 0.132. The normalized spacial score (nSPS) is 11.5. The second kappa shape index (κ2) is 10.7. The van der Waals surface area contributed by atoms with Crippen molar-refractivity contribution in [3.8, 4) is 28.5 Å². The number of aromatic nitrogens is 10. The lowest BCUT2D eigenvalue weighted by Gasteiger charge is -2.12. The fourth-order valence-corrected chi connectivity index (χ4v) is 4.41. The third-order valence-electron chi connectivity index (χ3n) is 6.24. The molecular formula is C26H30N10O. The van der Waals surface area contributed by atoms with E-state index in [4.69, 9.17) is 0 Å². The van der Waals surface area contributed by atoms with E-state index in [1.54, 1.807) is 15.4 Å². The van der Waals surface area contributed by atoms with Gasteiger partial charge in [0.1, 0.15) is 6.33 Å². The largest absolute Gasteiger partial charge is 0.335 e. The molecule has 5 rings (SSSR count). The van der Waals surface area contributed by atoms with Gasteiger partial charge in [0.25, 0.3) is 0 Å². The van der Waals surface area contributed by atoms with Gasteiger partial charge >= 0.3 is 5.69 Å². The number of aromatic amines is 1. The third-order valence-corrected chi connectivity index (χ3v) is 6.24. The van der Waals surface area contributed by atoms with Crippen LogP contribution in [0, 0.1) is 5.92 Å². The van der Waals surface area contributed by atoms with Crippen molar-refractivity contribution < 1.29 is 0 Å². The molecule has 0 spiro atoms. The summed E-state index contributed by atoms with van der Waals surface area (Å²) in [5, 5.41) is 18.4. The summed E-state index contributed by atoms with van der Waals surface area (Å²) >= 11 is 0. The van der Waals surface area contributed by atoms with Crippen molar-refractivity contribution in [2.24, 2.45) is 5.92 Å². The summed E-state index contributed by atoms with van der Waals surface area (Å²) < 4.78 is 5.25. The number of benzene rings is 1. The number of rotatable bonds is 10. The van der Waals surface area contributed by atoms with E-state index in [1.807, 2.05) is 47.3 Å². The number of unbranched alkanes of at least 4 members (excludes halogenated alkanes) is 1. The van der Waals surface area contributed by atoms with Crippen LogP contribution in [0.3, 0.4) is 0 Å². The average molecular weight is 499 g/mol. The average Bonchev–Trinajstić information content (AvgIpc) is 3.65. The monoisotopic (exact) mass is 498 g/mol. The minimum atomic E-state index is -0.132. The summed E-state index contributed by atoms with van der Waals surface area (Å²) in [4.78, 5) is 22.5. The van der Waals surface area contributed by atoms with Crippen LogP contribution in [0.15, 0.2) is 60.0 Å². The Hall–Kier alpha value is -4.41. The molecular weight excluding hydrogens is 468 g/mol. The van der Waals surface area contributed by atoms with E-state index in [-0.39, 0.29) is 5.69 Å². The Morgan fingerprint density at radius 2 is 1.89 bits per heavy atom. The van der Waals surface area contributed by atoms with Gasteiger partial charge in [-0.3, -0.25) is 9.55 Å². The van der Waals surface area contributed by atoms with Gasteiger partial charge in [-0.2, -0.15) is 10.1 Å². The predicted molar refractivity (Wildman–Crippen MR) is 139 cm³/mol. The van der Waals surface area contributed by atoms with E-state index < -0.39 is 0 Å². The molecule has 0 fully saturated rings. The smallest absolute Gasteiger partial charge is 0.291 e. The minimum Gasteiger partial charge on any atom is -0.291 e. The van der Waals surface area contributed by atoms with Gasteiger partial charge in [-0.25, -0.2) is 19.1 Å². The summed E-state index contributed by atoms with van der Waals surface area (Å²) in [7, 11) is 0. The van der Waals surface area contributed by atoms with E-state index in [2.05, 4.69) is 56.5 Å². The molecule has 0 aliphatic rings. The number of H-pyrrole nitrogens is 1. The molecule has 0 unspecified atom stereocenters. The molecule has 0 amide bonds. The Morgan fingerprint density at radius 1 is 1.08 bits per heavy atom. The molecule has 5 aromatic rings. The SMILES string of the molecule is CCCCc1cn(-c2ncnn2CC(C)C)c(=O)n1Cc1cnccc1-c1ccc(-c2nnn[nH]2)cc1. The summed E-state index contributed by atoms with van der Waals surface area (Å²) in [6.07, 6.45) is 9.84. The molecule has 0 saturated carbocycles. The maximum atomic E-state index is 13.7. The summed E-state index contributed by atoms with van der Waals surface area (Å²) in [5.74, 6) is 1.53. The molecule has 1 aromatic carbocycles. The number of hydrogen-bond donors (Lipinski definition) is 1. The lowest BCUT2D eigenvalue weighted by atomic mass is 10.00. The summed E-state index contributed by atoms with van der Waals surface area (Å²) in [5.41, 5.74) is 4.72. The van der Waals surface area contributed by atoms with Gasteiger partial charge in [-0.05, 0) is 51.9 Å². The van der Waals surface area contributed by atoms with Gasteiger partial charge in [0.05, 0.1) is 6.54 Å². The molecule has 4 heterocycles. The summed E-state index contributed by atoms with van der Waals surface area (Å²) in [6, 6.07) is 9.97. The van der Waals surface area contributed by atoms with Crippen LogP contribution in [-0.4, -0.2) is 49.5 Å². The quantitative estimate of drug-likeness (QED) is 0.312. The van der Waals surface area contributed by atoms with E-state index in [9.17, 15) is 4.79 Å². The van der Waals surface area contributed by atoms with Crippen molar-refractivity contribution in [2.75, 3.05) is 0 Å². The Bertz CT molecular complexity index is 1510. The van der Waals surface area contributed by atoms with E-state index >= 15 is 0 Å². The van der Waals surface area contributed by atoms with Crippen LogP contribution in [0.4, 0.5) is 0 Å². The Balaban J connectivity index is 1.52. The van der Waals surface area contributed by atoms with Crippen molar-refractivity contribution in [1.82, 2.24) is 49.5 Å². The van der Waals surface area contributed by atoms with Gasteiger partial charge in [-0.1, -0.05) is 51.5 Å². The maximum absolute atomic E-state index is 13.7. The van der Waals surface area contributed by atoms with Gasteiger partial charge in [0.15, 0.2) is 5.82 Å². The molecule has 0 aliphatic carbocycles. The zero-order valence-corrected chi connectivity index (χ0v) is 21.2. The maximum Gasteiger partial charge on any atom is 0.335 e. The number of pyridine rings is 1. The number of imidazole rings is 1. The molecule has 0 aliphatic heterocycles. The van der Waals surface area contributed by atoms with Gasteiger partial charge in [-0.15, -0.1) is 5.10 Å². The van der Waals surface area contributed by atoms with Crippen molar-refractivity contribution in [2.45, 2.75) is 53.1 Å². The highest BCUT2D eigenvalue weighted by atomic mass is 16.2. The van der Waals surface area contributed by atoms with Crippen molar-refractivity contribution >= 4 is 0 Å². The highest BCUT2D eigenvalue weighted by Crippen LogP contribution is 2.26. The Labute approximate surface area is 214 Å². The van der Waals surface area contributed by atoms with Crippen LogP contribution in [0.2, 0.25) is 0 Å². The molecule has 11 nitrogen and oxygen atoms in total. The molecule has 37 heavy (non-hydrogen) atoms. The zero-order chi connectivity index (χ0) is 25.8. The first kappa shape index (κ1) is 24.3. The molecule has 190 valence electrons. The molecule has 0 radical (unpaired) electrons. The van der Waals surface area contributed by atoms with Crippen LogP contribution in [-0.2, 0) is 19.5 Å². The van der Waals surface area contributed by atoms with Crippen LogP contribution < -0.4 is 5.69 Å². The molecule has 0 bridgehead atoms. The van der Waals surface area contributed by atoms with Crippen molar-refractivity contribution in [3.63, 3.8) is 0 Å². The van der Waals surface area contributed by atoms with E-state index in [0.717, 1.165) is 47.2 Å². The van der Waals surface area contributed by atoms with Gasteiger partial charge in [0.2, 0.25) is 5.95 Å². The number of hydrogen-bond acceptors (Lipinski definition) is 7. The highest BCUT2D eigenvalue weighted by Gasteiger charge is 2.18. The Kier molecular flexibility index (Phi) is 7.02. The molecule has 0 atom stereocenters. The molecule has 11 heteroatoms. The van der Waals surface area contributed by atoms with Gasteiger partial charge in [0, 0.05) is 36.4 Å². The van der Waals surface area contributed by atoms with Crippen molar-refractivity contribution in [3.05, 3.63) is 77.0 Å². The summed E-state index contributed by atoms with van der Waals surface area (Å²) in [6.45, 7) is 7.47. The standard InChI is InChI=1S/C26H30N10O/c1-4-5-6-22-16-35(25-28-17-29-36(25)14-18(2)3)26(37)34(22)15-21-13-27-12-11-23(21)19-7-9-20(10-8-19)24-30-32-33-31-24/h7-13,16-18H,4-6,14-15H2,1-3H3,(H,30,31,32,33). The molecule has 0 saturated heterocycles. The van der Waals surface area contributed by atoms with Crippen LogP contribution >= 0.6 is 0 Å². The first-order valence-corrected chi connectivity index (χ1v) is 12.5. The number of aryl methyl sites for hydroxylation is 1. The van der Waals surface area contributed by atoms with Gasteiger partial charge < -0.3 is 0 Å². The van der Waals surface area contributed by atoms with E-state index in [0.29, 0.717) is 30.8 Å². The fourth-order valence-electron chi connectivity index (χ4n) is 4.41. The van der Waals surface area contributed by atoms with E-state index in [1.165, 1.54) is 6.33 Å². The fraction of sp³-hybridized carbons (Fsp3) is 0.346. The predicted octanol–water partition coefficient (Wildman–Crippen LogP) is 3.52. The lowest BCUT2D eigenvalue weighted by Crippen LogP contribution is -2.27. The first-order valence-electron chi connectivity index (χ1n) is 12.5. The topological polar surface area (TPSA) is 125 Å². The second-order valence-electron chi connectivity index (χ2n) is 9.46. The highest BCUT2D eigenvalue weighted by molar-refractivity contribution is 5.69.